The Labute approximate surface area is 275 Å². The van der Waals surface area contributed by atoms with E-state index in [1.165, 1.54) is 173 Å². The zero-order valence-electron chi connectivity index (χ0n) is 29.7. The second-order valence-corrected chi connectivity index (χ2v) is 13.7. The van der Waals surface area contributed by atoms with Gasteiger partial charge in [-0.3, -0.25) is 4.79 Å². The Kier molecular flexibility index (Phi) is 33.1. The van der Waals surface area contributed by atoms with Crippen molar-refractivity contribution in [1.29, 1.82) is 0 Å². The molecule has 1 aliphatic carbocycles. The quantitative estimate of drug-likeness (QED) is 0.0449. The van der Waals surface area contributed by atoms with Gasteiger partial charge >= 0.3 is 5.97 Å². The van der Waals surface area contributed by atoms with Crippen LogP contribution in [0.25, 0.3) is 0 Å². The van der Waals surface area contributed by atoms with Crippen molar-refractivity contribution in [2.24, 2.45) is 0 Å². The summed E-state index contributed by atoms with van der Waals surface area (Å²) in [5.41, 5.74) is 0. The summed E-state index contributed by atoms with van der Waals surface area (Å²) < 4.78 is 5.37. The lowest BCUT2D eigenvalue weighted by molar-refractivity contribution is -0.327. The smallest absolute Gasteiger partial charge is 0.305 e. The zero-order valence-corrected chi connectivity index (χ0v) is 29.7. The van der Waals surface area contributed by atoms with Crippen molar-refractivity contribution in [2.75, 3.05) is 26.3 Å². The Morgan fingerprint density at radius 3 is 1.50 bits per heavy atom. The molecule has 1 fully saturated rings. The number of rotatable bonds is 26. The second kappa shape index (κ2) is 35.2. The third kappa shape index (κ3) is 31.3. The molecule has 262 valence electrons. The van der Waals surface area contributed by atoms with Crippen molar-refractivity contribution < 1.29 is 19.3 Å². The molecule has 5 nitrogen and oxygen atoms in total. The summed E-state index contributed by atoms with van der Waals surface area (Å²) in [6.45, 7) is 5.87. The average Bonchev–Trinajstić information content (AvgIpc) is 3.04. The molecule has 0 aromatic carbocycles. The number of carbonyl (C=O) groups excluding carboxylic acids is 1. The topological polar surface area (TPSA) is 56.8 Å². The van der Waals surface area contributed by atoms with E-state index < -0.39 is 0 Å². The highest BCUT2D eigenvalue weighted by Gasteiger charge is 2.11. The van der Waals surface area contributed by atoms with Gasteiger partial charge in [-0.2, -0.15) is 0 Å². The molecular formula is C39H77NO4. The molecule has 1 saturated carbocycles. The molecule has 0 aromatic heterocycles. The molecule has 0 atom stereocenters. The van der Waals surface area contributed by atoms with Crippen LogP contribution in [0, 0.1) is 0 Å². The molecule has 0 amide bonds. The van der Waals surface area contributed by atoms with Gasteiger partial charge in [-0.1, -0.05) is 161 Å². The van der Waals surface area contributed by atoms with Gasteiger partial charge in [0.25, 0.3) is 0 Å². The molecule has 0 heterocycles. The lowest BCUT2D eigenvalue weighted by Crippen LogP contribution is -2.16. The summed E-state index contributed by atoms with van der Waals surface area (Å²) in [6.07, 6.45) is 40.8. The van der Waals surface area contributed by atoms with Gasteiger partial charge in [-0.05, 0) is 58.0 Å². The van der Waals surface area contributed by atoms with Gasteiger partial charge in [0.15, 0.2) is 0 Å². The van der Waals surface area contributed by atoms with Gasteiger partial charge in [0.2, 0.25) is 0 Å². The van der Waals surface area contributed by atoms with Crippen LogP contribution < -0.4 is 5.32 Å². The van der Waals surface area contributed by atoms with Gasteiger partial charge in [-0.25, -0.2) is 9.78 Å². The molecule has 0 unspecified atom stereocenters. The summed E-state index contributed by atoms with van der Waals surface area (Å²) in [6, 6.07) is 0. The molecule has 1 N–H and O–H groups in total. The number of hydrogen-bond donors (Lipinski definition) is 1. The first kappa shape index (κ1) is 41.4. The van der Waals surface area contributed by atoms with E-state index in [2.05, 4.69) is 12.2 Å². The molecule has 1 aliphatic rings. The largest absolute Gasteiger partial charge is 0.466 e. The van der Waals surface area contributed by atoms with Crippen LogP contribution in [-0.4, -0.2) is 38.4 Å². The Balaban J connectivity index is 1.81. The molecule has 0 saturated heterocycles. The van der Waals surface area contributed by atoms with Gasteiger partial charge < -0.3 is 10.1 Å². The summed E-state index contributed by atoms with van der Waals surface area (Å²) in [4.78, 5) is 23.4. The van der Waals surface area contributed by atoms with Crippen LogP contribution >= 0.6 is 0 Å². The van der Waals surface area contributed by atoms with E-state index in [1.807, 2.05) is 0 Å². The third-order valence-corrected chi connectivity index (χ3v) is 9.33. The summed E-state index contributed by atoms with van der Waals surface area (Å²) >= 11 is 0. The van der Waals surface area contributed by atoms with E-state index in [0.29, 0.717) is 19.1 Å². The van der Waals surface area contributed by atoms with Crippen molar-refractivity contribution in [2.45, 2.75) is 218 Å². The lowest BCUT2D eigenvalue weighted by atomic mass is 10.0. The molecule has 0 bridgehead atoms. The summed E-state index contributed by atoms with van der Waals surface area (Å²) in [5.74, 6) is -0.000183. The molecule has 44 heavy (non-hydrogen) atoms. The van der Waals surface area contributed by atoms with Crippen molar-refractivity contribution in [3.63, 3.8) is 0 Å². The molecular weight excluding hydrogens is 546 g/mol. The van der Waals surface area contributed by atoms with E-state index in [-0.39, 0.29) is 5.97 Å². The predicted molar refractivity (Wildman–Crippen MR) is 188 cm³/mol. The minimum absolute atomic E-state index is 0.000183. The van der Waals surface area contributed by atoms with Gasteiger partial charge in [0, 0.05) is 6.42 Å². The maximum atomic E-state index is 11.8. The monoisotopic (exact) mass is 624 g/mol. The summed E-state index contributed by atoms with van der Waals surface area (Å²) in [5, 5.41) is 3.61. The molecule has 0 aliphatic heterocycles. The Bertz CT molecular complexity index is 556. The second-order valence-electron chi connectivity index (χ2n) is 13.7. The van der Waals surface area contributed by atoms with Gasteiger partial charge in [0.1, 0.15) is 0 Å². The Hall–Kier alpha value is -0.650. The highest BCUT2D eigenvalue weighted by Crippen LogP contribution is 2.19. The fourth-order valence-electron chi connectivity index (χ4n) is 6.33. The maximum absolute atomic E-state index is 11.8. The number of unbranched alkanes of at least 4 members (excludes halogenated alkanes) is 14. The fraction of sp³-hybridized carbons (Fsp3) is 0.974. The van der Waals surface area contributed by atoms with Crippen LogP contribution in [0.15, 0.2) is 0 Å². The molecule has 0 spiro atoms. The first-order valence-electron chi connectivity index (χ1n) is 20.0. The van der Waals surface area contributed by atoms with Gasteiger partial charge in [0.05, 0.1) is 19.3 Å². The highest BCUT2D eigenvalue weighted by molar-refractivity contribution is 5.69. The number of ether oxygens (including phenoxy) is 1. The van der Waals surface area contributed by atoms with Crippen LogP contribution in [0.5, 0.6) is 0 Å². The molecule has 0 radical (unpaired) electrons. The van der Waals surface area contributed by atoms with E-state index in [0.717, 1.165) is 45.4 Å². The Morgan fingerprint density at radius 2 is 0.955 bits per heavy atom. The van der Waals surface area contributed by atoms with Crippen LogP contribution in [-0.2, 0) is 19.3 Å². The molecule has 5 heteroatoms. The lowest BCUT2D eigenvalue weighted by Gasteiger charge is -2.16. The normalized spacial score (nSPS) is 16.4. The van der Waals surface area contributed by atoms with Crippen molar-refractivity contribution in [3.05, 3.63) is 0 Å². The number of nitrogens with one attached hydrogen (secondary N) is 1. The minimum atomic E-state index is -0.000183. The van der Waals surface area contributed by atoms with Crippen LogP contribution in [0.2, 0.25) is 0 Å². The standard InChI is InChI=1S/C39H77NO4/c1-2-3-4-5-22-29-36-42-39(41)33-26-19-16-21-28-35-40-34-27-20-14-15-23-30-37-43-44-38-31-24-17-12-10-8-6-7-9-11-13-18-25-32-38/h38,40H,2-37H2,1H3. The van der Waals surface area contributed by atoms with Crippen LogP contribution in [0.3, 0.4) is 0 Å². The van der Waals surface area contributed by atoms with Crippen LogP contribution in [0.1, 0.15) is 212 Å². The fourth-order valence-corrected chi connectivity index (χ4v) is 6.33. The Morgan fingerprint density at radius 1 is 0.523 bits per heavy atom. The number of carbonyl (C=O) groups is 1. The van der Waals surface area contributed by atoms with Crippen molar-refractivity contribution in [1.82, 2.24) is 5.32 Å². The summed E-state index contributed by atoms with van der Waals surface area (Å²) in [7, 11) is 0. The van der Waals surface area contributed by atoms with E-state index in [4.69, 9.17) is 14.5 Å². The van der Waals surface area contributed by atoms with E-state index in [9.17, 15) is 4.79 Å². The van der Waals surface area contributed by atoms with E-state index >= 15 is 0 Å². The zero-order chi connectivity index (χ0) is 31.4. The van der Waals surface area contributed by atoms with Gasteiger partial charge in [-0.15, -0.1) is 0 Å². The minimum Gasteiger partial charge on any atom is -0.466 e. The number of hydrogen-bond acceptors (Lipinski definition) is 5. The number of esters is 1. The van der Waals surface area contributed by atoms with Crippen LogP contribution in [0.4, 0.5) is 0 Å². The van der Waals surface area contributed by atoms with Crippen molar-refractivity contribution in [3.8, 4) is 0 Å². The van der Waals surface area contributed by atoms with Crippen molar-refractivity contribution >= 4 is 5.97 Å². The maximum Gasteiger partial charge on any atom is 0.305 e. The molecule has 0 aromatic rings. The third-order valence-electron chi connectivity index (χ3n) is 9.33. The highest BCUT2D eigenvalue weighted by atomic mass is 17.2. The predicted octanol–water partition coefficient (Wildman–Crippen LogP) is 12.0. The average molecular weight is 624 g/mol. The first-order chi connectivity index (χ1) is 21.8. The molecule has 1 rings (SSSR count). The SMILES string of the molecule is CCCCCCCCOC(=O)CCCCCCCNCCCCCCCCOOC1CCCCCCCCCCCCCC1. The first-order valence-corrected chi connectivity index (χ1v) is 20.0. The van der Waals surface area contributed by atoms with E-state index in [1.54, 1.807) is 0 Å².